The van der Waals surface area contributed by atoms with E-state index in [1.165, 1.54) is 19.2 Å². The first-order chi connectivity index (χ1) is 10.3. The Hall–Kier alpha value is -1.44. The summed E-state index contributed by atoms with van der Waals surface area (Å²) in [7, 11) is -2.45. The summed E-state index contributed by atoms with van der Waals surface area (Å²) in [5.74, 6) is -0.694. The molecule has 0 spiro atoms. The number of ether oxygens (including phenoxy) is 1. The van der Waals surface area contributed by atoms with Crippen LogP contribution in [0.2, 0.25) is 0 Å². The lowest BCUT2D eigenvalue weighted by atomic mass is 9.87. The van der Waals surface area contributed by atoms with Crippen LogP contribution in [0.4, 0.5) is 4.39 Å². The Labute approximate surface area is 134 Å². The lowest BCUT2D eigenvalue weighted by molar-refractivity contribution is 0.385. The fourth-order valence-corrected chi connectivity index (χ4v) is 4.00. The third kappa shape index (κ3) is 3.66. The average Bonchev–Trinajstić information content (AvgIpc) is 3.00. The number of benzene rings is 1. The molecule has 0 radical (unpaired) electrons. The second kappa shape index (κ2) is 6.36. The fourth-order valence-electron chi connectivity index (χ4n) is 1.92. The van der Waals surface area contributed by atoms with E-state index in [0.717, 1.165) is 11.6 Å². The van der Waals surface area contributed by atoms with E-state index >= 15 is 0 Å². The molecule has 0 unspecified atom stereocenters. The number of methoxy groups -OCH3 is 1. The van der Waals surface area contributed by atoms with Crippen molar-refractivity contribution in [2.75, 3.05) is 13.7 Å². The van der Waals surface area contributed by atoms with Crippen molar-refractivity contribution in [2.24, 2.45) is 0 Å². The van der Waals surface area contributed by atoms with E-state index in [0.29, 0.717) is 0 Å². The summed E-state index contributed by atoms with van der Waals surface area (Å²) in [5.41, 5.74) is 0.707. The van der Waals surface area contributed by atoms with Crippen LogP contribution in [-0.4, -0.2) is 22.1 Å². The van der Waals surface area contributed by atoms with Crippen molar-refractivity contribution in [2.45, 2.75) is 24.2 Å². The van der Waals surface area contributed by atoms with Crippen LogP contribution in [0.3, 0.4) is 0 Å². The van der Waals surface area contributed by atoms with E-state index in [2.05, 4.69) is 4.72 Å². The highest BCUT2D eigenvalue weighted by Crippen LogP contribution is 2.26. The number of sulfonamides is 1. The molecule has 1 aromatic carbocycles. The van der Waals surface area contributed by atoms with Crippen molar-refractivity contribution >= 4 is 21.4 Å². The molecule has 0 aliphatic rings. The number of halogens is 1. The molecular weight excluding hydrogens is 325 g/mol. The molecule has 0 bridgehead atoms. The first-order valence-corrected chi connectivity index (χ1v) is 9.05. The normalized spacial score (nSPS) is 12.4. The van der Waals surface area contributed by atoms with E-state index < -0.39 is 15.8 Å². The highest BCUT2D eigenvalue weighted by Gasteiger charge is 2.25. The molecular formula is C15H18FNO3S2. The van der Waals surface area contributed by atoms with Gasteiger partial charge in [0, 0.05) is 12.0 Å². The van der Waals surface area contributed by atoms with Gasteiger partial charge in [-0.15, -0.1) is 0 Å². The highest BCUT2D eigenvalue weighted by molar-refractivity contribution is 7.89. The number of hydrogen-bond acceptors (Lipinski definition) is 4. The van der Waals surface area contributed by atoms with Crippen molar-refractivity contribution < 1.29 is 17.5 Å². The Morgan fingerprint density at radius 3 is 2.59 bits per heavy atom. The monoisotopic (exact) mass is 343 g/mol. The van der Waals surface area contributed by atoms with Crippen LogP contribution < -0.4 is 9.46 Å². The maximum atomic E-state index is 13.7. The van der Waals surface area contributed by atoms with Gasteiger partial charge in [-0.1, -0.05) is 13.8 Å². The molecule has 0 aliphatic carbocycles. The Kier molecular flexibility index (Phi) is 4.89. The van der Waals surface area contributed by atoms with Gasteiger partial charge in [0.1, 0.15) is 0 Å². The van der Waals surface area contributed by atoms with Crippen molar-refractivity contribution in [1.29, 1.82) is 0 Å². The number of hydrogen-bond donors (Lipinski definition) is 1. The smallest absolute Gasteiger partial charge is 0.240 e. The zero-order valence-electron chi connectivity index (χ0n) is 12.6. The van der Waals surface area contributed by atoms with Gasteiger partial charge in [-0.2, -0.15) is 11.3 Å². The summed E-state index contributed by atoms with van der Waals surface area (Å²) in [5, 5.41) is 3.94. The lowest BCUT2D eigenvalue weighted by Gasteiger charge is -2.24. The number of thiophene rings is 1. The van der Waals surface area contributed by atoms with E-state index in [-0.39, 0.29) is 22.6 Å². The van der Waals surface area contributed by atoms with Gasteiger partial charge in [-0.25, -0.2) is 17.5 Å². The zero-order valence-corrected chi connectivity index (χ0v) is 14.2. The highest BCUT2D eigenvalue weighted by atomic mass is 32.2. The molecule has 2 rings (SSSR count). The Morgan fingerprint density at radius 1 is 1.32 bits per heavy atom. The minimum atomic E-state index is -3.77. The van der Waals surface area contributed by atoms with Crippen LogP contribution in [0.1, 0.15) is 19.4 Å². The van der Waals surface area contributed by atoms with Gasteiger partial charge in [-0.3, -0.25) is 0 Å². The van der Waals surface area contributed by atoms with Crippen LogP contribution in [0, 0.1) is 5.82 Å². The molecule has 0 fully saturated rings. The Morgan fingerprint density at radius 2 is 2.05 bits per heavy atom. The molecule has 1 heterocycles. The number of rotatable bonds is 6. The molecule has 0 saturated carbocycles. The van der Waals surface area contributed by atoms with Crippen molar-refractivity contribution in [3.63, 3.8) is 0 Å². The molecule has 0 saturated heterocycles. The molecule has 0 amide bonds. The summed E-state index contributed by atoms with van der Waals surface area (Å²) in [6, 6.07) is 5.54. The van der Waals surface area contributed by atoms with Crippen LogP contribution in [0.25, 0.3) is 0 Å². The maximum absolute atomic E-state index is 13.7. The predicted octanol–water partition coefficient (Wildman–Crippen LogP) is 3.15. The van der Waals surface area contributed by atoms with Gasteiger partial charge in [0.2, 0.25) is 10.0 Å². The summed E-state index contributed by atoms with van der Waals surface area (Å²) in [6.45, 7) is 4.12. The summed E-state index contributed by atoms with van der Waals surface area (Å²) < 4.78 is 45.6. The molecule has 120 valence electrons. The van der Waals surface area contributed by atoms with Gasteiger partial charge < -0.3 is 4.74 Å². The molecule has 2 aromatic rings. The molecule has 22 heavy (non-hydrogen) atoms. The summed E-state index contributed by atoms with van der Waals surface area (Å²) in [4.78, 5) is -0.119. The topological polar surface area (TPSA) is 55.4 Å². The third-order valence-electron chi connectivity index (χ3n) is 3.44. The van der Waals surface area contributed by atoms with E-state index in [9.17, 15) is 12.8 Å². The second-order valence-electron chi connectivity index (χ2n) is 5.52. The molecule has 0 atom stereocenters. The van der Waals surface area contributed by atoms with Gasteiger partial charge in [0.05, 0.1) is 12.0 Å². The second-order valence-corrected chi connectivity index (χ2v) is 8.06. The van der Waals surface area contributed by atoms with Crippen molar-refractivity contribution in [3.8, 4) is 5.75 Å². The maximum Gasteiger partial charge on any atom is 0.240 e. The van der Waals surface area contributed by atoms with E-state index in [1.807, 2.05) is 30.7 Å². The van der Waals surface area contributed by atoms with Gasteiger partial charge in [0.15, 0.2) is 11.6 Å². The quantitative estimate of drug-likeness (QED) is 0.876. The van der Waals surface area contributed by atoms with E-state index in [4.69, 9.17) is 4.74 Å². The van der Waals surface area contributed by atoms with Crippen LogP contribution in [0.5, 0.6) is 5.75 Å². The van der Waals surface area contributed by atoms with Gasteiger partial charge in [0.25, 0.3) is 0 Å². The summed E-state index contributed by atoms with van der Waals surface area (Å²) >= 11 is 1.56. The predicted molar refractivity (Wildman–Crippen MR) is 85.5 cm³/mol. The third-order valence-corrected chi connectivity index (χ3v) is 5.52. The SMILES string of the molecule is COc1ccc(S(=O)(=O)NCC(C)(C)c2ccsc2)cc1F. The summed E-state index contributed by atoms with van der Waals surface area (Å²) in [6.07, 6.45) is 0. The molecule has 1 N–H and O–H groups in total. The largest absolute Gasteiger partial charge is 0.494 e. The molecule has 7 heteroatoms. The van der Waals surface area contributed by atoms with Crippen molar-refractivity contribution in [3.05, 3.63) is 46.4 Å². The van der Waals surface area contributed by atoms with Crippen LogP contribution in [0.15, 0.2) is 39.9 Å². The Balaban J connectivity index is 2.16. The van der Waals surface area contributed by atoms with Gasteiger partial charge in [-0.05, 0) is 40.6 Å². The Bertz CT molecular complexity index is 740. The average molecular weight is 343 g/mol. The fraction of sp³-hybridized carbons (Fsp3) is 0.333. The first-order valence-electron chi connectivity index (χ1n) is 6.62. The van der Waals surface area contributed by atoms with Crippen LogP contribution >= 0.6 is 11.3 Å². The van der Waals surface area contributed by atoms with E-state index in [1.54, 1.807) is 11.3 Å². The van der Waals surface area contributed by atoms with Crippen molar-refractivity contribution in [1.82, 2.24) is 4.72 Å². The number of nitrogens with one attached hydrogen (secondary N) is 1. The molecule has 4 nitrogen and oxygen atoms in total. The standard InChI is InChI=1S/C15H18FNO3S2/c1-15(2,11-6-7-21-9-11)10-17-22(18,19)12-4-5-14(20-3)13(16)8-12/h4-9,17H,10H2,1-3H3. The molecule has 1 aromatic heterocycles. The lowest BCUT2D eigenvalue weighted by Crippen LogP contribution is -2.36. The first kappa shape index (κ1) is 16.9. The molecule has 0 aliphatic heterocycles. The zero-order chi connectivity index (χ0) is 16.4. The minimum Gasteiger partial charge on any atom is -0.494 e. The minimum absolute atomic E-state index is 0.0116. The van der Waals surface area contributed by atoms with Crippen LogP contribution in [-0.2, 0) is 15.4 Å². The van der Waals surface area contributed by atoms with Gasteiger partial charge >= 0.3 is 0 Å².